The molecule has 0 aliphatic carbocycles. The molecule has 1 N–H and O–H groups in total. The second-order valence-corrected chi connectivity index (χ2v) is 3.74. The Morgan fingerprint density at radius 3 is 2.56 bits per heavy atom. The quantitative estimate of drug-likeness (QED) is 0.865. The zero-order chi connectivity index (χ0) is 12.7. The van der Waals surface area contributed by atoms with Crippen molar-refractivity contribution < 1.29 is 9.53 Å². The molecular formula is C13H21ClN2O2. The first-order chi connectivity index (χ1) is 8.19. The molecule has 0 saturated heterocycles. The number of halogens is 1. The van der Waals surface area contributed by atoms with Gasteiger partial charge in [0.15, 0.2) is 0 Å². The van der Waals surface area contributed by atoms with E-state index in [1.807, 2.05) is 32.0 Å². The van der Waals surface area contributed by atoms with Crippen LogP contribution in [0.4, 0.5) is 5.69 Å². The van der Waals surface area contributed by atoms with Gasteiger partial charge in [0.2, 0.25) is 5.91 Å². The molecular weight excluding hydrogens is 252 g/mol. The molecule has 18 heavy (non-hydrogen) atoms. The number of nitrogens with one attached hydrogen (secondary N) is 1. The van der Waals surface area contributed by atoms with E-state index in [1.165, 1.54) is 0 Å². The lowest BCUT2D eigenvalue weighted by atomic mass is 10.3. The number of anilines is 1. The normalized spacial score (nSPS) is 9.78. The van der Waals surface area contributed by atoms with Gasteiger partial charge in [-0.05, 0) is 25.2 Å². The van der Waals surface area contributed by atoms with Crippen LogP contribution in [-0.2, 0) is 4.79 Å². The average Bonchev–Trinajstić information content (AvgIpc) is 2.36. The predicted octanol–water partition coefficient (Wildman–Crippen LogP) is 2.40. The molecule has 4 nitrogen and oxygen atoms in total. The number of methoxy groups -OCH3 is 1. The number of hydrogen-bond acceptors (Lipinski definition) is 3. The smallest absolute Gasteiger partial charge is 0.238 e. The van der Waals surface area contributed by atoms with Gasteiger partial charge in [-0.25, -0.2) is 0 Å². The van der Waals surface area contributed by atoms with Gasteiger partial charge in [0.1, 0.15) is 5.75 Å². The number of carbonyl (C=O) groups excluding carboxylic acids is 1. The van der Waals surface area contributed by atoms with E-state index < -0.39 is 0 Å². The fraction of sp³-hybridized carbons (Fsp3) is 0.462. The van der Waals surface area contributed by atoms with Crippen molar-refractivity contribution in [3.63, 3.8) is 0 Å². The molecule has 0 aliphatic heterocycles. The molecule has 102 valence electrons. The van der Waals surface area contributed by atoms with Crippen LogP contribution in [0, 0.1) is 0 Å². The van der Waals surface area contributed by atoms with Gasteiger partial charge in [-0.15, -0.1) is 12.4 Å². The summed E-state index contributed by atoms with van der Waals surface area (Å²) in [4.78, 5) is 13.8. The summed E-state index contributed by atoms with van der Waals surface area (Å²) in [7, 11) is 1.61. The molecule has 1 rings (SSSR count). The standard InChI is InChI=1S/C13H20N2O2.ClH/c1-4-15(5-2)10-13(16)14-11-7-6-8-12(9-11)17-3;/h6-9H,4-5,10H2,1-3H3,(H,14,16);1H. The van der Waals surface area contributed by atoms with Crippen LogP contribution in [0.25, 0.3) is 0 Å². The number of likely N-dealkylation sites (N-methyl/N-ethyl adjacent to an activating group) is 1. The Labute approximate surface area is 115 Å². The van der Waals surface area contributed by atoms with E-state index in [-0.39, 0.29) is 18.3 Å². The molecule has 0 aliphatic rings. The van der Waals surface area contributed by atoms with Crippen LogP contribution in [0.3, 0.4) is 0 Å². The predicted molar refractivity (Wildman–Crippen MR) is 76.7 cm³/mol. The van der Waals surface area contributed by atoms with Crippen LogP contribution in [0.1, 0.15) is 13.8 Å². The van der Waals surface area contributed by atoms with Gasteiger partial charge in [0, 0.05) is 11.8 Å². The van der Waals surface area contributed by atoms with Gasteiger partial charge >= 0.3 is 0 Å². The SMILES string of the molecule is CCN(CC)CC(=O)Nc1cccc(OC)c1.Cl. The summed E-state index contributed by atoms with van der Waals surface area (Å²) < 4.78 is 5.10. The monoisotopic (exact) mass is 272 g/mol. The third-order valence-electron chi connectivity index (χ3n) is 2.62. The number of nitrogens with zero attached hydrogens (tertiary/aromatic N) is 1. The second-order valence-electron chi connectivity index (χ2n) is 3.74. The Morgan fingerprint density at radius 2 is 2.00 bits per heavy atom. The number of carbonyl (C=O) groups is 1. The number of rotatable bonds is 6. The van der Waals surface area contributed by atoms with E-state index in [0.717, 1.165) is 24.5 Å². The van der Waals surface area contributed by atoms with Gasteiger partial charge in [-0.2, -0.15) is 0 Å². The van der Waals surface area contributed by atoms with Gasteiger partial charge in [0.25, 0.3) is 0 Å². The Bertz CT molecular complexity index is 368. The molecule has 1 aromatic rings. The molecule has 0 unspecified atom stereocenters. The zero-order valence-electron chi connectivity index (χ0n) is 11.1. The van der Waals surface area contributed by atoms with Crippen molar-refractivity contribution in [1.29, 1.82) is 0 Å². The molecule has 0 saturated carbocycles. The van der Waals surface area contributed by atoms with Crippen molar-refractivity contribution >= 4 is 24.0 Å². The third kappa shape index (κ3) is 5.38. The van der Waals surface area contributed by atoms with Crippen LogP contribution in [0.2, 0.25) is 0 Å². The molecule has 1 amide bonds. The van der Waals surface area contributed by atoms with Crippen molar-refractivity contribution in [3.8, 4) is 5.75 Å². The molecule has 1 aromatic carbocycles. The minimum atomic E-state index is 0. The lowest BCUT2D eigenvalue weighted by Crippen LogP contribution is -2.32. The van der Waals surface area contributed by atoms with Gasteiger partial charge in [-0.3, -0.25) is 9.69 Å². The average molecular weight is 273 g/mol. The highest BCUT2D eigenvalue weighted by atomic mass is 35.5. The summed E-state index contributed by atoms with van der Waals surface area (Å²) in [6.07, 6.45) is 0. The summed E-state index contributed by atoms with van der Waals surface area (Å²) in [6, 6.07) is 7.36. The first-order valence-electron chi connectivity index (χ1n) is 5.85. The van der Waals surface area contributed by atoms with Gasteiger partial charge in [0.05, 0.1) is 13.7 Å². The molecule has 0 aromatic heterocycles. The molecule has 0 spiro atoms. The zero-order valence-corrected chi connectivity index (χ0v) is 11.9. The van der Waals surface area contributed by atoms with E-state index >= 15 is 0 Å². The first-order valence-corrected chi connectivity index (χ1v) is 5.85. The van der Waals surface area contributed by atoms with E-state index in [2.05, 4.69) is 10.2 Å². The Balaban J connectivity index is 0.00000289. The lowest BCUT2D eigenvalue weighted by molar-refractivity contribution is -0.117. The van der Waals surface area contributed by atoms with Gasteiger partial charge in [-0.1, -0.05) is 19.9 Å². The summed E-state index contributed by atoms with van der Waals surface area (Å²) in [5.74, 6) is 0.743. The fourth-order valence-electron chi connectivity index (χ4n) is 1.55. The molecule has 0 fully saturated rings. The maximum absolute atomic E-state index is 11.7. The second kappa shape index (κ2) is 8.78. The Hall–Kier alpha value is -1.26. The van der Waals surface area contributed by atoms with Crippen LogP contribution in [0.5, 0.6) is 5.75 Å². The Morgan fingerprint density at radius 1 is 1.33 bits per heavy atom. The van der Waals surface area contributed by atoms with Crippen LogP contribution in [0.15, 0.2) is 24.3 Å². The van der Waals surface area contributed by atoms with Crippen LogP contribution >= 0.6 is 12.4 Å². The van der Waals surface area contributed by atoms with Crippen molar-refractivity contribution in [3.05, 3.63) is 24.3 Å². The van der Waals surface area contributed by atoms with Crippen molar-refractivity contribution in [1.82, 2.24) is 4.90 Å². The summed E-state index contributed by atoms with van der Waals surface area (Å²) in [5.41, 5.74) is 0.765. The van der Waals surface area contributed by atoms with Crippen LogP contribution in [-0.4, -0.2) is 37.6 Å². The largest absolute Gasteiger partial charge is 0.497 e. The Kier molecular flexibility index (Phi) is 8.16. The maximum Gasteiger partial charge on any atom is 0.238 e. The highest BCUT2D eigenvalue weighted by Crippen LogP contribution is 2.16. The third-order valence-corrected chi connectivity index (χ3v) is 2.62. The molecule has 0 atom stereocenters. The lowest BCUT2D eigenvalue weighted by Gasteiger charge is -2.17. The molecule has 0 heterocycles. The minimum absolute atomic E-state index is 0. The van der Waals surface area contributed by atoms with E-state index in [9.17, 15) is 4.79 Å². The summed E-state index contributed by atoms with van der Waals surface area (Å²) in [5, 5.41) is 2.86. The fourth-order valence-corrected chi connectivity index (χ4v) is 1.55. The van der Waals surface area contributed by atoms with Crippen LogP contribution < -0.4 is 10.1 Å². The molecule has 0 bridgehead atoms. The maximum atomic E-state index is 11.7. The summed E-state index contributed by atoms with van der Waals surface area (Å²) >= 11 is 0. The number of benzene rings is 1. The highest BCUT2D eigenvalue weighted by Gasteiger charge is 2.07. The number of amides is 1. The topological polar surface area (TPSA) is 41.6 Å². The molecule has 0 radical (unpaired) electrons. The van der Waals surface area contributed by atoms with Crippen molar-refractivity contribution in [2.24, 2.45) is 0 Å². The summed E-state index contributed by atoms with van der Waals surface area (Å²) in [6.45, 7) is 6.26. The van der Waals surface area contributed by atoms with E-state index in [1.54, 1.807) is 13.2 Å². The molecule has 5 heteroatoms. The van der Waals surface area contributed by atoms with E-state index in [4.69, 9.17) is 4.74 Å². The van der Waals surface area contributed by atoms with Crippen molar-refractivity contribution in [2.45, 2.75) is 13.8 Å². The van der Waals surface area contributed by atoms with E-state index in [0.29, 0.717) is 6.54 Å². The number of ether oxygens (including phenoxy) is 1. The minimum Gasteiger partial charge on any atom is -0.497 e. The van der Waals surface area contributed by atoms with Crippen molar-refractivity contribution in [2.75, 3.05) is 32.1 Å². The highest BCUT2D eigenvalue weighted by molar-refractivity contribution is 5.92. The first kappa shape index (κ1) is 16.7. The number of hydrogen-bond donors (Lipinski definition) is 1. The van der Waals surface area contributed by atoms with Gasteiger partial charge < -0.3 is 10.1 Å².